The molecule has 12 nitrogen and oxygen atoms in total. The van der Waals surface area contributed by atoms with E-state index in [1.165, 1.54) is 167 Å². The zero-order valence-electron chi connectivity index (χ0n) is 40.9. The van der Waals surface area contributed by atoms with Crippen molar-refractivity contribution in [2.45, 2.75) is 294 Å². The van der Waals surface area contributed by atoms with Gasteiger partial charge in [0.15, 0.2) is 6.29 Å². The first-order valence-corrected chi connectivity index (χ1v) is 27.9. The monoisotopic (exact) mass is 934 g/mol. The van der Waals surface area contributed by atoms with E-state index in [1.807, 2.05) is 0 Å². The number of rotatable bonds is 46. The Kier molecular flexibility index (Phi) is 39.9. The van der Waals surface area contributed by atoms with E-state index in [1.54, 1.807) is 0 Å². The van der Waals surface area contributed by atoms with E-state index in [0.29, 0.717) is 12.8 Å². The lowest BCUT2D eigenvalue weighted by atomic mass is 9.99. The summed E-state index contributed by atoms with van der Waals surface area (Å²) < 4.78 is 47.8. The molecule has 1 aliphatic rings. The summed E-state index contributed by atoms with van der Waals surface area (Å²) in [7, 11) is -5.08. The normalized spacial score (nSPS) is 20.3. The molecule has 0 spiro atoms. The number of carbonyl (C=O) groups excluding carboxylic acids is 1. The van der Waals surface area contributed by atoms with E-state index in [0.717, 1.165) is 51.4 Å². The Morgan fingerprint density at radius 3 is 1.41 bits per heavy atom. The molecular weight excluding hydrogens is 835 g/mol. The van der Waals surface area contributed by atoms with Crippen LogP contribution in [0.15, 0.2) is 12.2 Å². The van der Waals surface area contributed by atoms with Gasteiger partial charge in [0.1, 0.15) is 24.4 Å². The fourth-order valence-electron chi connectivity index (χ4n) is 8.69. The predicted octanol–water partition coefficient (Wildman–Crippen LogP) is 11.5. The number of aliphatic hydroxyl groups excluding tert-OH is 4. The van der Waals surface area contributed by atoms with Gasteiger partial charge in [0.25, 0.3) is 0 Å². The zero-order chi connectivity index (χ0) is 46.9. The number of allylic oxidation sites excluding steroid dienone is 2. The van der Waals surface area contributed by atoms with Gasteiger partial charge in [-0.2, -0.15) is 8.42 Å². The molecule has 0 aromatic heterocycles. The summed E-state index contributed by atoms with van der Waals surface area (Å²) in [4.78, 5) is 13.1. The Labute approximate surface area is 391 Å². The van der Waals surface area contributed by atoms with Crippen LogP contribution in [0.4, 0.5) is 0 Å². The van der Waals surface area contributed by atoms with Crippen molar-refractivity contribution in [3.63, 3.8) is 0 Å². The third kappa shape index (κ3) is 34.2. The van der Waals surface area contributed by atoms with Crippen molar-refractivity contribution in [1.29, 1.82) is 0 Å². The smallest absolute Gasteiger partial charge is 0.394 e. The Hall–Kier alpha value is -1.16. The van der Waals surface area contributed by atoms with Crippen LogP contribution in [-0.2, 0) is 28.9 Å². The molecule has 0 saturated carbocycles. The number of hydrogen-bond donors (Lipinski definition) is 6. The van der Waals surface area contributed by atoms with Crippen LogP contribution in [0.5, 0.6) is 0 Å². The largest absolute Gasteiger partial charge is 0.397 e. The summed E-state index contributed by atoms with van der Waals surface area (Å²) in [5, 5.41) is 45.0. The van der Waals surface area contributed by atoms with Crippen molar-refractivity contribution >= 4 is 16.3 Å². The van der Waals surface area contributed by atoms with Gasteiger partial charge in [0, 0.05) is 6.42 Å². The van der Waals surface area contributed by atoms with Crippen molar-refractivity contribution in [3.05, 3.63) is 12.2 Å². The minimum Gasteiger partial charge on any atom is -0.394 e. The molecule has 1 heterocycles. The first-order valence-electron chi connectivity index (χ1n) is 26.6. The average molecular weight is 934 g/mol. The van der Waals surface area contributed by atoms with Gasteiger partial charge in [-0.05, 0) is 38.5 Å². The second kappa shape index (κ2) is 42.0. The molecule has 0 bridgehead atoms. The van der Waals surface area contributed by atoms with Crippen molar-refractivity contribution in [2.24, 2.45) is 0 Å². The summed E-state index contributed by atoms with van der Waals surface area (Å²) in [6, 6.07) is -0.858. The molecule has 1 aliphatic heterocycles. The lowest BCUT2D eigenvalue weighted by Gasteiger charge is -2.41. The topological polar surface area (TPSA) is 192 Å². The van der Waals surface area contributed by atoms with E-state index in [2.05, 4.69) is 35.5 Å². The number of nitrogens with one attached hydrogen (secondary N) is 1. The highest BCUT2D eigenvalue weighted by Crippen LogP contribution is 2.26. The van der Waals surface area contributed by atoms with Crippen LogP contribution in [0, 0.1) is 0 Å². The number of amides is 1. The van der Waals surface area contributed by atoms with Crippen molar-refractivity contribution < 1.29 is 51.8 Å². The summed E-state index contributed by atoms with van der Waals surface area (Å²) >= 11 is 0. The number of hydrogen-bond acceptors (Lipinski definition) is 10. The standard InChI is InChI=1S/C51H99NO11S/c1-3-5-7-9-11-13-15-17-19-21-22-23-25-27-29-31-33-35-37-39-41-47(55)52-44(43-61-51-49(57)50(63-64(58,59)60)48(56)46(42-53)62-51)45(54)40-38-36-34-32-30-28-26-24-20-18-16-14-12-10-8-6-4-2/h22-23,44-46,48-51,53-54,56-57H,3-21,24-43H2,1-2H3,(H,52,55)(H,58,59,60)/b23-22-. The molecule has 1 amide bonds. The maximum atomic E-state index is 13.1. The third-order valence-electron chi connectivity index (χ3n) is 12.8. The lowest BCUT2D eigenvalue weighted by Crippen LogP contribution is -2.61. The molecule has 13 heteroatoms. The highest BCUT2D eigenvalue weighted by molar-refractivity contribution is 7.80. The van der Waals surface area contributed by atoms with E-state index < -0.39 is 59.9 Å². The minimum atomic E-state index is -5.08. The van der Waals surface area contributed by atoms with Gasteiger partial charge in [-0.15, -0.1) is 0 Å². The summed E-state index contributed by atoms with van der Waals surface area (Å²) in [5.74, 6) is -0.231. The first-order chi connectivity index (χ1) is 31.0. The van der Waals surface area contributed by atoms with E-state index in [4.69, 9.17) is 9.47 Å². The van der Waals surface area contributed by atoms with E-state index in [-0.39, 0.29) is 18.9 Å². The molecule has 6 N–H and O–H groups in total. The van der Waals surface area contributed by atoms with Crippen molar-refractivity contribution in [2.75, 3.05) is 13.2 Å². The van der Waals surface area contributed by atoms with Crippen LogP contribution in [0.25, 0.3) is 0 Å². The second-order valence-corrected chi connectivity index (χ2v) is 19.9. The molecule has 7 atom stereocenters. The van der Waals surface area contributed by atoms with Gasteiger partial charge in [-0.3, -0.25) is 9.35 Å². The molecule has 7 unspecified atom stereocenters. The summed E-state index contributed by atoms with van der Waals surface area (Å²) in [6.07, 6.45) is 39.2. The minimum absolute atomic E-state index is 0.231. The Bertz CT molecular complexity index is 1190. The number of ether oxygens (including phenoxy) is 2. The molecule has 1 rings (SSSR count). The maximum absolute atomic E-state index is 13.1. The summed E-state index contributed by atoms with van der Waals surface area (Å²) in [5.41, 5.74) is 0. The van der Waals surface area contributed by atoms with E-state index in [9.17, 15) is 38.2 Å². The molecule has 380 valence electrons. The van der Waals surface area contributed by atoms with Gasteiger partial charge < -0.3 is 35.2 Å². The lowest BCUT2D eigenvalue weighted by molar-refractivity contribution is -0.298. The molecular formula is C51H99NO11S. The molecule has 1 saturated heterocycles. The van der Waals surface area contributed by atoms with Crippen LogP contribution < -0.4 is 5.32 Å². The van der Waals surface area contributed by atoms with Crippen molar-refractivity contribution in [1.82, 2.24) is 5.32 Å². The fraction of sp³-hybridized carbons (Fsp3) is 0.941. The second-order valence-electron chi connectivity index (χ2n) is 18.8. The SMILES string of the molecule is CCCCCCCCCCC/C=C\CCCCCCCCCC(=O)NC(COC1OC(CO)C(O)C(OS(=O)(=O)O)C1O)C(O)CCCCCCCCCCCCCCCCCCC. The van der Waals surface area contributed by atoms with Crippen LogP contribution in [0.2, 0.25) is 0 Å². The average Bonchev–Trinajstić information content (AvgIpc) is 3.27. The Balaban J connectivity index is 2.41. The molecule has 0 aromatic carbocycles. The number of carbonyl (C=O) groups is 1. The molecule has 64 heavy (non-hydrogen) atoms. The quantitative estimate of drug-likeness (QED) is 0.0193. The van der Waals surface area contributed by atoms with Gasteiger partial charge in [0.2, 0.25) is 5.91 Å². The molecule has 0 aromatic rings. The van der Waals surface area contributed by atoms with Gasteiger partial charge in [-0.1, -0.05) is 219 Å². The summed E-state index contributed by atoms with van der Waals surface area (Å²) in [6.45, 7) is 3.48. The van der Waals surface area contributed by atoms with Gasteiger partial charge in [0.05, 0.1) is 25.4 Å². The zero-order valence-corrected chi connectivity index (χ0v) is 41.7. The van der Waals surface area contributed by atoms with Crippen LogP contribution in [-0.4, -0.2) is 95.4 Å². The van der Waals surface area contributed by atoms with Crippen LogP contribution >= 0.6 is 0 Å². The molecule has 0 aliphatic carbocycles. The maximum Gasteiger partial charge on any atom is 0.397 e. The van der Waals surface area contributed by atoms with Crippen LogP contribution in [0.1, 0.15) is 251 Å². The van der Waals surface area contributed by atoms with Crippen LogP contribution in [0.3, 0.4) is 0 Å². The highest BCUT2D eigenvalue weighted by atomic mass is 32.3. The Morgan fingerprint density at radius 2 is 1.00 bits per heavy atom. The fourth-order valence-corrected chi connectivity index (χ4v) is 9.20. The van der Waals surface area contributed by atoms with E-state index >= 15 is 0 Å². The van der Waals surface area contributed by atoms with Gasteiger partial charge >= 0.3 is 10.4 Å². The molecule has 1 fully saturated rings. The van der Waals surface area contributed by atoms with Gasteiger partial charge in [-0.25, -0.2) is 4.18 Å². The highest BCUT2D eigenvalue weighted by Gasteiger charge is 2.48. The third-order valence-corrected chi connectivity index (χ3v) is 13.3. The first kappa shape index (κ1) is 60.9. The number of unbranched alkanes of at least 4 members (excludes halogenated alkanes) is 32. The predicted molar refractivity (Wildman–Crippen MR) is 259 cm³/mol. The molecule has 0 radical (unpaired) electrons. The van der Waals surface area contributed by atoms with Crippen molar-refractivity contribution in [3.8, 4) is 0 Å². The Morgan fingerprint density at radius 1 is 0.609 bits per heavy atom. The number of aliphatic hydroxyl groups is 4.